The van der Waals surface area contributed by atoms with Gasteiger partial charge in [-0.05, 0) is 36.8 Å². The lowest BCUT2D eigenvalue weighted by atomic mass is 10.1. The van der Waals surface area contributed by atoms with E-state index in [-0.39, 0.29) is 52.3 Å². The van der Waals surface area contributed by atoms with Crippen LogP contribution in [0.1, 0.15) is 6.42 Å². The van der Waals surface area contributed by atoms with E-state index in [0.29, 0.717) is 40.5 Å². The van der Waals surface area contributed by atoms with E-state index < -0.39 is 11.2 Å². The molecule has 43 heavy (non-hydrogen) atoms. The maximum atomic E-state index is 13.9. The summed E-state index contributed by atoms with van der Waals surface area (Å²) >= 11 is 0. The van der Waals surface area contributed by atoms with Crippen LogP contribution in [0.5, 0.6) is 34.5 Å². The van der Waals surface area contributed by atoms with E-state index in [2.05, 4.69) is 4.98 Å². The molecule has 0 amide bonds. The van der Waals surface area contributed by atoms with Crippen LogP contribution in [0.4, 0.5) is 4.39 Å². The Labute approximate surface area is 244 Å². The van der Waals surface area contributed by atoms with Crippen LogP contribution in [0, 0.1) is 5.82 Å². The summed E-state index contributed by atoms with van der Waals surface area (Å²) in [6.45, 7) is 0.233. The van der Waals surface area contributed by atoms with Crippen molar-refractivity contribution in [2.45, 2.75) is 13.0 Å². The van der Waals surface area contributed by atoms with Crippen molar-refractivity contribution in [2.75, 3.05) is 42.2 Å². The van der Waals surface area contributed by atoms with Crippen molar-refractivity contribution in [2.24, 2.45) is 0 Å². The highest BCUT2D eigenvalue weighted by Gasteiger charge is 2.24. The van der Waals surface area contributed by atoms with Gasteiger partial charge in [0.1, 0.15) is 28.3 Å². The second-order valence-corrected chi connectivity index (χ2v) is 9.31. The van der Waals surface area contributed by atoms with Gasteiger partial charge in [-0.3, -0.25) is 14.2 Å². The molecule has 224 valence electrons. The number of hydrogen-bond acceptors (Lipinski definition) is 10. The van der Waals surface area contributed by atoms with Crippen molar-refractivity contribution in [1.29, 1.82) is 0 Å². The fourth-order valence-electron chi connectivity index (χ4n) is 4.75. The Morgan fingerprint density at radius 3 is 2.21 bits per heavy atom. The van der Waals surface area contributed by atoms with Crippen LogP contribution in [-0.4, -0.2) is 51.7 Å². The van der Waals surface area contributed by atoms with Crippen molar-refractivity contribution < 1.29 is 37.2 Å². The molecule has 0 spiro atoms. The van der Waals surface area contributed by atoms with Gasteiger partial charge in [0.2, 0.25) is 16.9 Å². The zero-order chi connectivity index (χ0) is 30.7. The number of ether oxygens (including phenoxy) is 6. The smallest absolute Gasteiger partial charge is 0.261 e. The number of aryl methyl sites for hydroxylation is 1. The van der Waals surface area contributed by atoms with Crippen LogP contribution in [0.3, 0.4) is 0 Å². The predicted molar refractivity (Wildman–Crippen MR) is 157 cm³/mol. The SMILES string of the molecule is COc1cc(OC)c2c(=O)c(OCCCn3cnc4ccc(F)cc4c3=O)c(-c3cc(OC)c(OC)c(OC)c3)oc2c1. The number of aromatic nitrogens is 2. The van der Waals surface area contributed by atoms with Gasteiger partial charge >= 0.3 is 0 Å². The van der Waals surface area contributed by atoms with Crippen LogP contribution in [-0.2, 0) is 6.54 Å². The van der Waals surface area contributed by atoms with Crippen molar-refractivity contribution in [1.82, 2.24) is 9.55 Å². The summed E-state index contributed by atoms with van der Waals surface area (Å²) in [7, 11) is 7.35. The van der Waals surface area contributed by atoms with E-state index in [1.807, 2.05) is 0 Å². The fraction of sp³-hybridized carbons (Fsp3) is 0.258. The molecule has 0 aliphatic carbocycles. The second-order valence-electron chi connectivity index (χ2n) is 9.31. The quantitative estimate of drug-likeness (QED) is 0.197. The van der Waals surface area contributed by atoms with Crippen LogP contribution < -0.4 is 39.4 Å². The largest absolute Gasteiger partial charge is 0.496 e. The third-order valence-corrected chi connectivity index (χ3v) is 6.85. The van der Waals surface area contributed by atoms with Crippen molar-refractivity contribution >= 4 is 21.9 Å². The standard InChI is InChI=1S/C31H29FN2O9/c1-37-19-14-22(38-2)26-23(15-19)43-28(17-11-24(39-3)29(41-5)25(12-17)40-4)30(27(26)35)42-10-6-9-34-16-33-21-8-7-18(32)13-20(21)31(34)36/h7-8,11-16H,6,9-10H2,1-5H3. The highest BCUT2D eigenvalue weighted by Crippen LogP contribution is 2.44. The van der Waals surface area contributed by atoms with Gasteiger partial charge in [0.15, 0.2) is 17.3 Å². The highest BCUT2D eigenvalue weighted by atomic mass is 19.1. The topological polar surface area (TPSA) is 120 Å². The molecule has 5 aromatic rings. The molecule has 0 radical (unpaired) electrons. The number of rotatable bonds is 11. The van der Waals surface area contributed by atoms with Crippen LogP contribution in [0.25, 0.3) is 33.2 Å². The maximum absolute atomic E-state index is 13.9. The molecule has 2 heterocycles. The summed E-state index contributed by atoms with van der Waals surface area (Å²) in [6.07, 6.45) is 1.71. The van der Waals surface area contributed by atoms with E-state index in [1.54, 1.807) is 24.3 Å². The molecular formula is C31H29FN2O9. The van der Waals surface area contributed by atoms with E-state index >= 15 is 0 Å². The van der Waals surface area contributed by atoms with Crippen LogP contribution in [0.2, 0.25) is 0 Å². The Morgan fingerprint density at radius 2 is 1.56 bits per heavy atom. The molecule has 3 aromatic carbocycles. The second kappa shape index (κ2) is 12.3. The maximum Gasteiger partial charge on any atom is 0.261 e. The summed E-state index contributed by atoms with van der Waals surface area (Å²) in [5, 5.41) is 0.331. The third kappa shape index (κ3) is 5.51. The van der Waals surface area contributed by atoms with Crippen molar-refractivity contribution in [3.63, 3.8) is 0 Å². The van der Waals surface area contributed by atoms with Gasteiger partial charge < -0.3 is 32.8 Å². The summed E-state index contributed by atoms with van der Waals surface area (Å²) in [6, 6.07) is 10.3. The average molecular weight is 593 g/mol. The number of fused-ring (bicyclic) bond motifs is 2. The van der Waals surface area contributed by atoms with Gasteiger partial charge in [-0.15, -0.1) is 0 Å². The summed E-state index contributed by atoms with van der Waals surface area (Å²) in [5.41, 5.74) is 0.157. The van der Waals surface area contributed by atoms with E-state index in [0.717, 1.165) is 6.07 Å². The average Bonchev–Trinajstić information content (AvgIpc) is 3.03. The molecule has 0 unspecified atom stereocenters. The van der Waals surface area contributed by atoms with Crippen molar-refractivity contribution in [3.8, 4) is 45.8 Å². The molecule has 0 N–H and O–H groups in total. The zero-order valence-corrected chi connectivity index (χ0v) is 24.2. The van der Waals surface area contributed by atoms with Gasteiger partial charge in [-0.1, -0.05) is 0 Å². The number of nitrogens with zero attached hydrogens (tertiary/aromatic N) is 2. The highest BCUT2D eigenvalue weighted by molar-refractivity contribution is 5.89. The third-order valence-electron chi connectivity index (χ3n) is 6.85. The Hall–Kier alpha value is -5.26. The molecule has 0 saturated heterocycles. The number of hydrogen-bond donors (Lipinski definition) is 0. The zero-order valence-electron chi connectivity index (χ0n) is 24.2. The lowest BCUT2D eigenvalue weighted by Crippen LogP contribution is -2.22. The molecule has 5 rings (SSSR count). The number of benzene rings is 3. The van der Waals surface area contributed by atoms with Crippen LogP contribution in [0.15, 0.2) is 62.8 Å². The molecule has 12 heteroatoms. The molecule has 0 atom stereocenters. The monoisotopic (exact) mass is 592 g/mol. The summed E-state index contributed by atoms with van der Waals surface area (Å²) in [4.78, 5) is 31.0. The Kier molecular flexibility index (Phi) is 8.37. The first-order valence-electron chi connectivity index (χ1n) is 13.1. The van der Waals surface area contributed by atoms with E-state index in [1.165, 1.54) is 58.6 Å². The van der Waals surface area contributed by atoms with Gasteiger partial charge in [-0.25, -0.2) is 9.37 Å². The minimum Gasteiger partial charge on any atom is -0.496 e. The lowest BCUT2D eigenvalue weighted by molar-refractivity contribution is 0.293. The van der Waals surface area contributed by atoms with E-state index in [9.17, 15) is 14.0 Å². The Bertz CT molecular complexity index is 1910. The normalized spacial score (nSPS) is 11.0. The molecule has 0 aliphatic heterocycles. The fourth-order valence-corrected chi connectivity index (χ4v) is 4.75. The minimum atomic E-state index is -0.525. The van der Waals surface area contributed by atoms with Gasteiger partial charge in [-0.2, -0.15) is 0 Å². The van der Waals surface area contributed by atoms with Gasteiger partial charge in [0, 0.05) is 24.2 Å². The number of halogens is 1. The van der Waals surface area contributed by atoms with Crippen LogP contribution >= 0.6 is 0 Å². The summed E-state index contributed by atoms with van der Waals surface area (Å²) in [5.74, 6) is 1.20. The van der Waals surface area contributed by atoms with E-state index in [4.69, 9.17) is 32.8 Å². The first-order valence-corrected chi connectivity index (χ1v) is 13.1. The first-order chi connectivity index (χ1) is 20.8. The van der Waals surface area contributed by atoms with Gasteiger partial charge in [0.25, 0.3) is 5.56 Å². The molecule has 0 aliphatic rings. The predicted octanol–water partition coefficient (Wildman–Crippen LogP) is 4.82. The number of methoxy groups -OCH3 is 5. The molecule has 2 aromatic heterocycles. The molecule has 0 saturated carbocycles. The molecular weight excluding hydrogens is 563 g/mol. The molecule has 0 fully saturated rings. The Morgan fingerprint density at radius 1 is 0.837 bits per heavy atom. The summed E-state index contributed by atoms with van der Waals surface area (Å²) < 4.78 is 54.7. The molecule has 11 nitrogen and oxygen atoms in total. The van der Waals surface area contributed by atoms with Gasteiger partial charge in [0.05, 0.1) is 59.4 Å². The Balaban J connectivity index is 1.56. The first kappa shape index (κ1) is 29.2. The lowest BCUT2D eigenvalue weighted by Gasteiger charge is -2.17. The minimum absolute atomic E-state index is 0.0276. The molecule has 0 bridgehead atoms. The van der Waals surface area contributed by atoms with Crippen molar-refractivity contribution in [3.05, 3.63) is 75.2 Å².